The zero-order valence-electron chi connectivity index (χ0n) is 16.0. The van der Waals surface area contributed by atoms with E-state index in [0.29, 0.717) is 0 Å². The summed E-state index contributed by atoms with van der Waals surface area (Å²) in [6.45, 7) is 8.16. The summed E-state index contributed by atoms with van der Waals surface area (Å²) in [5, 5.41) is 0.226. The van der Waals surface area contributed by atoms with E-state index in [0.717, 1.165) is 5.75 Å². The van der Waals surface area contributed by atoms with Gasteiger partial charge in [0.1, 0.15) is 0 Å². The Morgan fingerprint density at radius 2 is 1.04 bits per heavy atom. The molecule has 0 amide bonds. The van der Waals surface area contributed by atoms with Gasteiger partial charge in [-0.2, -0.15) is 0 Å². The number of rotatable bonds is 14. The topological polar surface area (TPSA) is 17.1 Å². The van der Waals surface area contributed by atoms with Gasteiger partial charge in [-0.15, -0.1) is 12.4 Å². The van der Waals surface area contributed by atoms with Crippen LogP contribution in [0.2, 0.25) is 0 Å². The monoisotopic (exact) mass is 384 g/mol. The van der Waals surface area contributed by atoms with Gasteiger partial charge in [-0.25, -0.2) is 0 Å². The van der Waals surface area contributed by atoms with Crippen molar-refractivity contribution in [1.29, 1.82) is 0 Å². The van der Waals surface area contributed by atoms with Crippen LogP contribution in [0.4, 0.5) is 0 Å². The van der Waals surface area contributed by atoms with E-state index in [1.54, 1.807) is 17.7 Å². The van der Waals surface area contributed by atoms with Crippen molar-refractivity contribution in [1.82, 2.24) is 0 Å². The predicted octanol–water partition coefficient (Wildman–Crippen LogP) is 8.45. The molecule has 1 nitrogen and oxygen atoms in total. The summed E-state index contributed by atoms with van der Waals surface area (Å²) in [4.78, 5) is 10.7. The van der Waals surface area contributed by atoms with E-state index in [1.807, 2.05) is 0 Å². The average Bonchev–Trinajstić information content (AvgIpc) is 2.48. The van der Waals surface area contributed by atoms with Gasteiger partial charge in [0.15, 0.2) is 5.12 Å². The Bertz CT molecular complexity index is 214. The van der Waals surface area contributed by atoms with Gasteiger partial charge in [0.05, 0.1) is 0 Å². The van der Waals surface area contributed by atoms with E-state index in [4.69, 9.17) is 0 Å². The van der Waals surface area contributed by atoms with Crippen LogP contribution in [0.25, 0.3) is 0 Å². The van der Waals surface area contributed by atoms with E-state index in [1.165, 1.54) is 94.3 Å². The molecule has 0 atom stereocenters. The number of hydrogen-bond acceptors (Lipinski definition) is 3. The molecule has 0 bridgehead atoms. The highest BCUT2D eigenvalue weighted by Gasteiger charge is 1.96. The van der Waals surface area contributed by atoms with Gasteiger partial charge in [0.25, 0.3) is 0 Å². The van der Waals surface area contributed by atoms with Gasteiger partial charge < -0.3 is 0 Å². The molecule has 142 valence electrons. The highest BCUT2D eigenvalue weighted by Crippen LogP contribution is 2.23. The fourth-order valence-corrected chi connectivity index (χ4v) is 3.80. The highest BCUT2D eigenvalue weighted by molar-refractivity contribution is 8.82. The Hall–Kier alpha value is 0.660. The second-order valence-corrected chi connectivity index (χ2v) is 8.59. The van der Waals surface area contributed by atoms with Crippen molar-refractivity contribution in [2.24, 2.45) is 0 Å². The molecule has 0 aromatic carbocycles. The van der Waals surface area contributed by atoms with E-state index < -0.39 is 0 Å². The molecule has 0 unspecified atom stereocenters. The van der Waals surface area contributed by atoms with Gasteiger partial charge >= 0.3 is 0 Å². The predicted molar refractivity (Wildman–Crippen MR) is 115 cm³/mol. The van der Waals surface area contributed by atoms with Crippen LogP contribution in [0, 0.1) is 0 Å². The molecule has 0 aliphatic carbocycles. The summed E-state index contributed by atoms with van der Waals surface area (Å²) < 4.78 is 0. The molecular formula is C19H41ClOS2. The van der Waals surface area contributed by atoms with Gasteiger partial charge in [-0.3, -0.25) is 4.79 Å². The maximum Gasteiger partial charge on any atom is 0.196 e. The molecule has 0 rings (SSSR count). The van der Waals surface area contributed by atoms with Gasteiger partial charge in [-0.05, 0) is 17.2 Å². The number of carbonyl (C=O) groups is 1. The molecule has 0 saturated carbocycles. The van der Waals surface area contributed by atoms with E-state index in [9.17, 15) is 4.79 Å². The minimum atomic E-state index is 0. The van der Waals surface area contributed by atoms with Crippen LogP contribution in [-0.4, -0.2) is 10.9 Å². The quantitative estimate of drug-likeness (QED) is 0.221. The van der Waals surface area contributed by atoms with E-state index in [-0.39, 0.29) is 17.5 Å². The third-order valence-electron chi connectivity index (χ3n) is 3.26. The molecule has 0 aromatic heterocycles. The first-order valence-electron chi connectivity index (χ1n) is 9.48. The Morgan fingerprint density at radius 3 is 1.39 bits per heavy atom. The van der Waals surface area contributed by atoms with Crippen LogP contribution < -0.4 is 0 Å². The molecule has 0 aromatic rings. The molecule has 0 aliphatic rings. The van der Waals surface area contributed by atoms with E-state index >= 15 is 0 Å². The maximum absolute atomic E-state index is 10.7. The van der Waals surface area contributed by atoms with Crippen LogP contribution in [0.15, 0.2) is 0 Å². The first-order chi connectivity index (χ1) is 10.7. The van der Waals surface area contributed by atoms with Gasteiger partial charge in [0, 0.05) is 12.7 Å². The summed E-state index contributed by atoms with van der Waals surface area (Å²) in [5.74, 6) is 1.13. The number of carbonyl (C=O) groups excluding carboxylic acids is 1. The lowest BCUT2D eigenvalue weighted by Gasteiger charge is -2.02. The van der Waals surface area contributed by atoms with E-state index in [2.05, 4.69) is 20.8 Å². The lowest BCUT2D eigenvalue weighted by molar-refractivity contribution is -0.109. The van der Waals surface area contributed by atoms with Gasteiger partial charge in [0.2, 0.25) is 0 Å². The zero-order chi connectivity index (χ0) is 16.9. The van der Waals surface area contributed by atoms with Crippen molar-refractivity contribution in [2.45, 2.75) is 111 Å². The second kappa shape index (κ2) is 27.5. The van der Waals surface area contributed by atoms with Crippen LogP contribution in [0.5, 0.6) is 0 Å². The molecular weight excluding hydrogens is 344 g/mol. The molecule has 0 aliphatic heterocycles. The smallest absolute Gasteiger partial charge is 0.196 e. The fourth-order valence-electron chi connectivity index (χ4n) is 2.13. The molecule has 0 radical (unpaired) electrons. The molecule has 0 saturated heterocycles. The summed E-state index contributed by atoms with van der Waals surface area (Å²) in [7, 11) is 3.10. The van der Waals surface area contributed by atoms with Crippen molar-refractivity contribution in [3.05, 3.63) is 0 Å². The maximum atomic E-state index is 10.7. The minimum Gasteiger partial charge on any atom is -0.287 e. The van der Waals surface area contributed by atoms with Crippen molar-refractivity contribution >= 4 is 39.1 Å². The van der Waals surface area contributed by atoms with Crippen molar-refractivity contribution < 1.29 is 4.79 Å². The lowest BCUT2D eigenvalue weighted by atomic mass is 10.1. The van der Waals surface area contributed by atoms with Crippen LogP contribution in [0.1, 0.15) is 111 Å². The van der Waals surface area contributed by atoms with Crippen LogP contribution in [-0.2, 0) is 4.79 Å². The summed E-state index contributed by atoms with van der Waals surface area (Å²) in [5.41, 5.74) is 0. The van der Waals surface area contributed by atoms with Crippen molar-refractivity contribution in [3.63, 3.8) is 0 Å². The SMILES string of the molecule is CCC.CCCCCCCCCCCCCCSSC(C)=O.Cl. The summed E-state index contributed by atoms with van der Waals surface area (Å²) >= 11 is 0. The first kappa shape index (κ1) is 28.5. The molecule has 0 N–H and O–H groups in total. The Morgan fingerprint density at radius 1 is 0.696 bits per heavy atom. The van der Waals surface area contributed by atoms with Gasteiger partial charge in [-0.1, -0.05) is 109 Å². The molecule has 0 heterocycles. The Kier molecular flexibility index (Phi) is 34.0. The van der Waals surface area contributed by atoms with Crippen LogP contribution in [0.3, 0.4) is 0 Å². The molecule has 4 heteroatoms. The van der Waals surface area contributed by atoms with Crippen molar-refractivity contribution in [3.8, 4) is 0 Å². The third kappa shape index (κ3) is 34.8. The Labute approximate surface area is 160 Å². The molecule has 0 spiro atoms. The number of unbranched alkanes of at least 4 members (excludes halogenated alkanes) is 11. The first-order valence-corrected chi connectivity index (χ1v) is 11.8. The normalized spacial score (nSPS) is 9.74. The molecule has 23 heavy (non-hydrogen) atoms. The minimum absolute atomic E-state index is 0. The number of halogens is 1. The fraction of sp³-hybridized carbons (Fsp3) is 0.947. The van der Waals surface area contributed by atoms with Crippen LogP contribution >= 0.6 is 34.0 Å². The molecule has 0 fully saturated rings. The summed E-state index contributed by atoms with van der Waals surface area (Å²) in [6.07, 6.45) is 18.0. The average molecular weight is 385 g/mol. The second-order valence-electron chi connectivity index (χ2n) is 5.99. The largest absolute Gasteiger partial charge is 0.287 e. The third-order valence-corrected chi connectivity index (χ3v) is 5.62. The zero-order valence-corrected chi connectivity index (χ0v) is 18.5. The van der Waals surface area contributed by atoms with Crippen molar-refractivity contribution in [2.75, 3.05) is 5.75 Å². The lowest BCUT2D eigenvalue weighted by Crippen LogP contribution is -1.84. The Balaban J connectivity index is -0.000000920. The highest BCUT2D eigenvalue weighted by atomic mass is 35.5. The summed E-state index contributed by atoms with van der Waals surface area (Å²) in [6, 6.07) is 0. The number of hydrogen-bond donors (Lipinski definition) is 0. The standard InChI is InChI=1S/C16H32OS2.C3H8.ClH/c1-3-4-5-6-7-8-9-10-11-12-13-14-15-18-19-16(2)17;1-3-2;/h3-15H2,1-2H3;3H2,1-2H3;1H.